The Morgan fingerprint density at radius 2 is 1.67 bits per heavy atom. The Morgan fingerprint density at radius 3 is 2.53 bits per heavy atom. The van der Waals surface area contributed by atoms with Gasteiger partial charge in [0.05, 0.1) is 6.54 Å². The van der Waals surface area contributed by atoms with E-state index in [9.17, 15) is 9.18 Å². The van der Waals surface area contributed by atoms with E-state index in [0.717, 1.165) is 11.1 Å². The number of para-hydroxylation sites is 1. The summed E-state index contributed by atoms with van der Waals surface area (Å²) in [6.45, 7) is 0.342. The van der Waals surface area contributed by atoms with Crippen molar-refractivity contribution in [2.75, 3.05) is 19.8 Å². The number of aromatic nitrogens is 4. The van der Waals surface area contributed by atoms with Gasteiger partial charge in [-0.2, -0.15) is 4.52 Å². The number of nitrogens with zero attached hydrogens (tertiary/aromatic N) is 4. The number of hydrogen-bond donors (Lipinski definition) is 1. The lowest BCUT2D eigenvalue weighted by molar-refractivity contribution is -0.123. The van der Waals surface area contributed by atoms with Crippen LogP contribution in [0, 0.1) is 5.82 Å². The average molecular weight is 484 g/mol. The first-order valence-corrected chi connectivity index (χ1v) is 11.3. The van der Waals surface area contributed by atoms with Crippen LogP contribution in [-0.4, -0.2) is 45.5 Å². The molecule has 0 bridgehead atoms. The molecular formula is C27H22FN5O3. The summed E-state index contributed by atoms with van der Waals surface area (Å²) in [5.74, 6) is 0.714. The molecular weight excluding hydrogens is 461 g/mol. The number of benzene rings is 3. The molecule has 0 spiro atoms. The summed E-state index contributed by atoms with van der Waals surface area (Å²) in [4.78, 5) is 12.3. The Morgan fingerprint density at radius 1 is 0.861 bits per heavy atom. The number of carbonyl (C=O) groups is 1. The summed E-state index contributed by atoms with van der Waals surface area (Å²) >= 11 is 0. The third-order valence-corrected chi connectivity index (χ3v) is 5.33. The molecule has 5 rings (SSSR count). The highest BCUT2D eigenvalue weighted by molar-refractivity contribution is 5.78. The molecule has 180 valence electrons. The predicted octanol–water partition coefficient (Wildman–Crippen LogP) is 4.17. The molecule has 0 radical (unpaired) electrons. The first kappa shape index (κ1) is 23.0. The van der Waals surface area contributed by atoms with Crippen molar-refractivity contribution < 1.29 is 18.7 Å². The molecule has 2 aromatic heterocycles. The molecule has 3 aromatic carbocycles. The molecule has 1 amide bonds. The van der Waals surface area contributed by atoms with Crippen LogP contribution >= 0.6 is 0 Å². The van der Waals surface area contributed by atoms with Crippen LogP contribution in [0.4, 0.5) is 4.39 Å². The number of ether oxygens (including phenoxy) is 2. The van der Waals surface area contributed by atoms with Crippen LogP contribution in [-0.2, 0) is 4.79 Å². The first-order chi connectivity index (χ1) is 17.7. The minimum Gasteiger partial charge on any atom is -0.483 e. The Hall–Kier alpha value is -4.79. The maximum Gasteiger partial charge on any atom is 0.258 e. The van der Waals surface area contributed by atoms with E-state index in [1.54, 1.807) is 24.3 Å². The second-order valence-electron chi connectivity index (χ2n) is 7.82. The van der Waals surface area contributed by atoms with Crippen LogP contribution < -0.4 is 14.8 Å². The summed E-state index contributed by atoms with van der Waals surface area (Å²) in [6.07, 6.45) is 0. The number of nitrogens with one attached hydrogen (secondary N) is 1. The SMILES string of the molecule is O=C(COc1ccccc1-c1ccccc1)NCCOc1ccc2nnc(-c3cccc(F)c3)n2n1. The van der Waals surface area contributed by atoms with E-state index in [1.807, 2.05) is 54.6 Å². The Bertz CT molecular complexity index is 1490. The molecule has 8 nitrogen and oxygen atoms in total. The molecule has 0 saturated carbocycles. The number of halogens is 1. The number of rotatable bonds is 9. The van der Waals surface area contributed by atoms with E-state index >= 15 is 0 Å². The van der Waals surface area contributed by atoms with Crippen molar-refractivity contribution in [1.82, 2.24) is 25.1 Å². The molecule has 36 heavy (non-hydrogen) atoms. The Labute approximate surface area is 206 Å². The van der Waals surface area contributed by atoms with Crippen LogP contribution in [0.5, 0.6) is 11.6 Å². The summed E-state index contributed by atoms with van der Waals surface area (Å²) in [7, 11) is 0. The number of amides is 1. The minimum atomic E-state index is -0.375. The highest BCUT2D eigenvalue weighted by Gasteiger charge is 2.12. The highest BCUT2D eigenvalue weighted by Crippen LogP contribution is 2.29. The minimum absolute atomic E-state index is 0.119. The van der Waals surface area contributed by atoms with E-state index in [1.165, 1.54) is 16.6 Å². The lowest BCUT2D eigenvalue weighted by Gasteiger charge is -2.12. The van der Waals surface area contributed by atoms with E-state index < -0.39 is 0 Å². The Kier molecular flexibility index (Phi) is 6.79. The fourth-order valence-corrected chi connectivity index (χ4v) is 3.65. The van der Waals surface area contributed by atoms with Gasteiger partial charge >= 0.3 is 0 Å². The lowest BCUT2D eigenvalue weighted by atomic mass is 10.1. The number of carbonyl (C=O) groups excluding carboxylic acids is 1. The molecule has 0 aliphatic heterocycles. The molecule has 5 aromatic rings. The number of hydrogen-bond acceptors (Lipinski definition) is 6. The average Bonchev–Trinajstić information content (AvgIpc) is 3.34. The van der Waals surface area contributed by atoms with E-state index in [0.29, 0.717) is 28.7 Å². The van der Waals surface area contributed by atoms with Gasteiger partial charge in [0, 0.05) is 17.2 Å². The topological polar surface area (TPSA) is 90.6 Å². The molecule has 9 heteroatoms. The van der Waals surface area contributed by atoms with Crippen molar-refractivity contribution in [2.45, 2.75) is 0 Å². The predicted molar refractivity (Wildman–Crippen MR) is 132 cm³/mol. The van der Waals surface area contributed by atoms with Crippen molar-refractivity contribution in [1.29, 1.82) is 0 Å². The van der Waals surface area contributed by atoms with Crippen LogP contribution in [0.2, 0.25) is 0 Å². The summed E-state index contributed by atoms with van der Waals surface area (Å²) in [6, 6.07) is 26.8. The van der Waals surface area contributed by atoms with Gasteiger partial charge in [-0.15, -0.1) is 15.3 Å². The largest absolute Gasteiger partial charge is 0.483 e. The zero-order valence-corrected chi connectivity index (χ0v) is 19.2. The highest BCUT2D eigenvalue weighted by atomic mass is 19.1. The van der Waals surface area contributed by atoms with E-state index in [-0.39, 0.29) is 31.5 Å². The van der Waals surface area contributed by atoms with E-state index in [4.69, 9.17) is 9.47 Å². The van der Waals surface area contributed by atoms with Crippen molar-refractivity contribution >= 4 is 11.6 Å². The van der Waals surface area contributed by atoms with Crippen molar-refractivity contribution in [3.05, 3.63) is 96.8 Å². The van der Waals surface area contributed by atoms with E-state index in [2.05, 4.69) is 20.6 Å². The summed E-state index contributed by atoms with van der Waals surface area (Å²) < 4.78 is 26.5. The Balaban J connectivity index is 1.14. The van der Waals surface area contributed by atoms with Gasteiger partial charge < -0.3 is 14.8 Å². The summed E-state index contributed by atoms with van der Waals surface area (Å²) in [5.41, 5.74) is 2.98. The molecule has 0 aliphatic carbocycles. The standard InChI is InChI=1S/C27H22FN5O3/c28-21-10-6-9-20(17-21)27-31-30-24-13-14-26(32-33(24)27)35-16-15-29-25(34)18-36-23-12-5-4-11-22(23)19-7-2-1-3-8-19/h1-14,17H,15-16,18H2,(H,29,34). The van der Waals surface area contributed by atoms with Crippen molar-refractivity contribution in [3.63, 3.8) is 0 Å². The van der Waals surface area contributed by atoms with Gasteiger partial charge in [-0.1, -0.05) is 60.7 Å². The van der Waals surface area contributed by atoms with Gasteiger partial charge in [0.1, 0.15) is 18.2 Å². The summed E-state index contributed by atoms with van der Waals surface area (Å²) in [5, 5.41) is 15.3. The van der Waals surface area contributed by atoms with Crippen LogP contribution in [0.1, 0.15) is 0 Å². The molecule has 2 heterocycles. The fourth-order valence-electron chi connectivity index (χ4n) is 3.65. The van der Waals surface area contributed by atoms with Gasteiger partial charge in [0.2, 0.25) is 5.88 Å². The van der Waals surface area contributed by atoms with Crippen molar-refractivity contribution in [2.24, 2.45) is 0 Å². The number of fused-ring (bicyclic) bond motifs is 1. The van der Waals surface area contributed by atoms with Crippen LogP contribution in [0.25, 0.3) is 28.2 Å². The van der Waals surface area contributed by atoms with Crippen LogP contribution in [0.15, 0.2) is 91.0 Å². The van der Waals surface area contributed by atoms with Gasteiger partial charge in [-0.25, -0.2) is 4.39 Å². The monoisotopic (exact) mass is 483 g/mol. The maximum absolute atomic E-state index is 13.6. The van der Waals surface area contributed by atoms with Crippen molar-refractivity contribution in [3.8, 4) is 34.1 Å². The molecule has 0 saturated heterocycles. The molecule has 0 unspecified atom stereocenters. The lowest BCUT2D eigenvalue weighted by Crippen LogP contribution is -2.32. The maximum atomic E-state index is 13.6. The van der Waals surface area contributed by atoms with Crippen LogP contribution in [0.3, 0.4) is 0 Å². The zero-order valence-electron chi connectivity index (χ0n) is 19.2. The van der Waals surface area contributed by atoms with Gasteiger partial charge in [-0.3, -0.25) is 4.79 Å². The van der Waals surface area contributed by atoms with Gasteiger partial charge in [-0.05, 0) is 29.8 Å². The molecule has 0 atom stereocenters. The second kappa shape index (κ2) is 10.6. The van der Waals surface area contributed by atoms with Gasteiger partial charge in [0.25, 0.3) is 5.91 Å². The molecule has 1 N–H and O–H groups in total. The molecule has 0 aliphatic rings. The quantitative estimate of drug-likeness (QED) is 0.317. The first-order valence-electron chi connectivity index (χ1n) is 11.3. The third-order valence-electron chi connectivity index (χ3n) is 5.33. The third kappa shape index (κ3) is 5.30. The van der Waals surface area contributed by atoms with Gasteiger partial charge in [0.15, 0.2) is 18.1 Å². The fraction of sp³-hybridized carbons (Fsp3) is 0.111. The zero-order chi connectivity index (χ0) is 24.7. The molecule has 0 fully saturated rings. The second-order valence-corrected chi connectivity index (χ2v) is 7.82. The smallest absolute Gasteiger partial charge is 0.258 e. The normalized spacial score (nSPS) is 10.8.